The van der Waals surface area contributed by atoms with Crippen molar-refractivity contribution >= 4 is 22.5 Å². The number of rotatable bonds is 6. The van der Waals surface area contributed by atoms with E-state index in [0.717, 1.165) is 12.8 Å². The highest BCUT2D eigenvalue weighted by molar-refractivity contribution is 5.79. The van der Waals surface area contributed by atoms with E-state index in [1.807, 2.05) is 35.8 Å². The number of nitrogens with zero attached hydrogens (tertiary/aromatic N) is 6. The molecule has 0 bridgehead atoms. The van der Waals surface area contributed by atoms with Crippen LogP contribution in [-0.4, -0.2) is 29.7 Å². The van der Waals surface area contributed by atoms with Gasteiger partial charge in [-0.05, 0) is 31.4 Å². The maximum absolute atomic E-state index is 13.3. The monoisotopic (exact) mass is 418 g/mol. The van der Waals surface area contributed by atoms with E-state index in [0.29, 0.717) is 40.4 Å². The topological polar surface area (TPSA) is 138 Å². The molecule has 1 aliphatic rings. The lowest BCUT2D eigenvalue weighted by Gasteiger charge is -2.22. The Morgan fingerprint density at radius 3 is 2.77 bits per heavy atom. The van der Waals surface area contributed by atoms with Crippen molar-refractivity contribution < 1.29 is 4.42 Å². The van der Waals surface area contributed by atoms with Crippen molar-refractivity contribution in [2.75, 3.05) is 11.1 Å². The quantitative estimate of drug-likeness (QED) is 0.484. The fraction of sp³-hybridized carbons (Fsp3) is 0.333. The summed E-state index contributed by atoms with van der Waals surface area (Å²) in [5, 5.41) is 12.0. The van der Waals surface area contributed by atoms with Crippen LogP contribution in [0.4, 0.5) is 11.6 Å². The molecule has 5 rings (SSSR count). The van der Waals surface area contributed by atoms with Gasteiger partial charge in [-0.15, -0.1) is 10.2 Å². The van der Waals surface area contributed by atoms with Gasteiger partial charge in [0.2, 0.25) is 5.89 Å². The Balaban J connectivity index is 1.63. The van der Waals surface area contributed by atoms with Crippen LogP contribution in [0, 0.1) is 6.92 Å². The molecule has 1 saturated carbocycles. The van der Waals surface area contributed by atoms with Crippen LogP contribution in [0.5, 0.6) is 0 Å². The smallest absolute Gasteiger partial charge is 0.261 e. The number of hydrogen-bond donors (Lipinski definition) is 2. The van der Waals surface area contributed by atoms with Gasteiger partial charge in [-0.1, -0.05) is 19.1 Å². The Hall–Kier alpha value is -3.82. The lowest BCUT2D eigenvalue weighted by Crippen LogP contribution is -2.29. The molecule has 1 aromatic carbocycles. The summed E-state index contributed by atoms with van der Waals surface area (Å²) in [6.45, 7) is 3.73. The lowest BCUT2D eigenvalue weighted by atomic mass is 10.1. The number of hydrogen-bond acceptors (Lipinski definition) is 9. The molecule has 0 aliphatic heterocycles. The van der Waals surface area contributed by atoms with Crippen LogP contribution in [-0.2, 0) is 0 Å². The fourth-order valence-electron chi connectivity index (χ4n) is 3.73. The molecule has 158 valence electrons. The maximum Gasteiger partial charge on any atom is 0.261 e. The molecule has 0 saturated heterocycles. The molecule has 3 aromatic heterocycles. The summed E-state index contributed by atoms with van der Waals surface area (Å²) < 4.78 is 7.39. The molecule has 3 heterocycles. The van der Waals surface area contributed by atoms with E-state index in [9.17, 15) is 4.79 Å². The van der Waals surface area contributed by atoms with Gasteiger partial charge in [0.1, 0.15) is 29.4 Å². The number of para-hydroxylation sites is 1. The first kappa shape index (κ1) is 19.2. The molecule has 10 heteroatoms. The van der Waals surface area contributed by atoms with Gasteiger partial charge in [0, 0.05) is 13.0 Å². The van der Waals surface area contributed by atoms with Crippen molar-refractivity contribution in [2.45, 2.75) is 45.2 Å². The Kier molecular flexibility index (Phi) is 4.61. The number of nitrogen functional groups attached to an aromatic ring is 1. The molecule has 0 radical (unpaired) electrons. The maximum atomic E-state index is 13.3. The van der Waals surface area contributed by atoms with Crippen molar-refractivity contribution in [3.63, 3.8) is 0 Å². The Morgan fingerprint density at radius 1 is 1.26 bits per heavy atom. The van der Waals surface area contributed by atoms with Gasteiger partial charge in [0.15, 0.2) is 0 Å². The lowest BCUT2D eigenvalue weighted by molar-refractivity contribution is 0.532. The van der Waals surface area contributed by atoms with Gasteiger partial charge in [-0.3, -0.25) is 9.36 Å². The minimum absolute atomic E-state index is 0.0155. The molecular weight excluding hydrogens is 396 g/mol. The highest BCUT2D eigenvalue weighted by Crippen LogP contribution is 2.38. The fourth-order valence-corrected chi connectivity index (χ4v) is 3.73. The summed E-state index contributed by atoms with van der Waals surface area (Å²) in [5.74, 6) is 2.00. The first-order valence-electron chi connectivity index (χ1n) is 10.3. The zero-order chi connectivity index (χ0) is 21.5. The standard InChI is InChI=1S/C21H22N8O2/c1-3-14(25-18-16(17(22)23-10-24-18)20-28-27-11(2)31-20)19-26-15-7-5-4-6-13(15)21(30)29(19)12-8-9-12/h4-7,10,12,14H,3,8-9H2,1-2H3,(H3,22,23,24,25)/t14-/m0/s1. The number of aryl methyl sites for hydroxylation is 1. The summed E-state index contributed by atoms with van der Waals surface area (Å²) in [7, 11) is 0. The Morgan fingerprint density at radius 2 is 2.06 bits per heavy atom. The van der Waals surface area contributed by atoms with Crippen LogP contribution in [0.15, 0.2) is 39.8 Å². The van der Waals surface area contributed by atoms with Crippen LogP contribution in [0.25, 0.3) is 22.4 Å². The zero-order valence-electron chi connectivity index (χ0n) is 17.2. The van der Waals surface area contributed by atoms with E-state index < -0.39 is 0 Å². The highest BCUT2D eigenvalue weighted by atomic mass is 16.4. The number of aromatic nitrogens is 6. The summed E-state index contributed by atoms with van der Waals surface area (Å²) >= 11 is 0. The molecule has 0 unspecified atom stereocenters. The van der Waals surface area contributed by atoms with E-state index in [1.54, 1.807) is 6.92 Å². The predicted molar refractivity (Wildman–Crippen MR) is 115 cm³/mol. The van der Waals surface area contributed by atoms with Crippen molar-refractivity contribution in [1.82, 2.24) is 29.7 Å². The van der Waals surface area contributed by atoms with Gasteiger partial charge < -0.3 is 15.5 Å². The summed E-state index contributed by atoms with van der Waals surface area (Å²) in [6, 6.07) is 7.32. The van der Waals surface area contributed by atoms with Gasteiger partial charge in [0.25, 0.3) is 11.4 Å². The van der Waals surface area contributed by atoms with Crippen molar-refractivity contribution in [2.24, 2.45) is 0 Å². The SMILES string of the molecule is CC[C@H](Nc1ncnc(N)c1-c1nnc(C)o1)c1nc2ccccc2c(=O)n1C1CC1. The highest BCUT2D eigenvalue weighted by Gasteiger charge is 2.31. The molecular formula is C21H22N8O2. The summed E-state index contributed by atoms with van der Waals surface area (Å²) in [4.78, 5) is 26.6. The van der Waals surface area contributed by atoms with E-state index >= 15 is 0 Å². The van der Waals surface area contributed by atoms with Gasteiger partial charge in [-0.2, -0.15) is 0 Å². The van der Waals surface area contributed by atoms with E-state index in [-0.39, 0.29) is 29.4 Å². The van der Waals surface area contributed by atoms with Crippen molar-refractivity contribution in [3.05, 3.63) is 52.7 Å². The zero-order valence-corrected chi connectivity index (χ0v) is 17.2. The molecule has 4 aromatic rings. The van der Waals surface area contributed by atoms with Crippen molar-refractivity contribution in [1.29, 1.82) is 0 Å². The molecule has 0 amide bonds. The average molecular weight is 418 g/mol. The predicted octanol–water partition coefficient (Wildman–Crippen LogP) is 3.03. The van der Waals surface area contributed by atoms with E-state index in [4.69, 9.17) is 15.1 Å². The second-order valence-electron chi connectivity index (χ2n) is 7.61. The van der Waals surface area contributed by atoms with Crippen LogP contribution >= 0.6 is 0 Å². The van der Waals surface area contributed by atoms with Crippen LogP contribution in [0.2, 0.25) is 0 Å². The first-order chi connectivity index (χ1) is 15.1. The number of nitrogens with one attached hydrogen (secondary N) is 1. The summed E-state index contributed by atoms with van der Waals surface area (Å²) in [5.41, 5.74) is 7.21. The number of anilines is 2. The average Bonchev–Trinajstić information content (AvgIpc) is 3.52. The second-order valence-corrected chi connectivity index (χ2v) is 7.61. The number of nitrogens with two attached hydrogens (primary N) is 1. The molecule has 10 nitrogen and oxygen atoms in total. The third-order valence-corrected chi connectivity index (χ3v) is 5.39. The normalized spacial score (nSPS) is 14.6. The van der Waals surface area contributed by atoms with Gasteiger partial charge in [0.05, 0.1) is 16.9 Å². The molecule has 3 N–H and O–H groups in total. The minimum atomic E-state index is -0.282. The molecule has 1 fully saturated rings. The van der Waals surface area contributed by atoms with Crippen LogP contribution in [0.1, 0.15) is 50.0 Å². The number of benzene rings is 1. The molecule has 1 atom stereocenters. The Labute approximate surface area is 177 Å². The van der Waals surface area contributed by atoms with Gasteiger partial charge in [-0.25, -0.2) is 15.0 Å². The van der Waals surface area contributed by atoms with E-state index in [1.165, 1.54) is 6.33 Å². The van der Waals surface area contributed by atoms with Crippen LogP contribution < -0.4 is 16.6 Å². The third kappa shape index (κ3) is 3.39. The first-order valence-corrected chi connectivity index (χ1v) is 10.3. The van der Waals surface area contributed by atoms with Crippen LogP contribution in [0.3, 0.4) is 0 Å². The largest absolute Gasteiger partial charge is 0.421 e. The minimum Gasteiger partial charge on any atom is -0.421 e. The third-order valence-electron chi connectivity index (χ3n) is 5.39. The number of fused-ring (bicyclic) bond motifs is 1. The Bertz CT molecular complexity index is 1320. The molecule has 1 aliphatic carbocycles. The summed E-state index contributed by atoms with van der Waals surface area (Å²) in [6.07, 6.45) is 3.98. The van der Waals surface area contributed by atoms with E-state index in [2.05, 4.69) is 25.5 Å². The molecule has 31 heavy (non-hydrogen) atoms. The van der Waals surface area contributed by atoms with Gasteiger partial charge >= 0.3 is 0 Å². The molecule has 0 spiro atoms. The second kappa shape index (κ2) is 7.46. The van der Waals surface area contributed by atoms with Crippen molar-refractivity contribution in [3.8, 4) is 11.5 Å².